The molecule has 1 atom stereocenters. The molecule has 0 saturated carbocycles. The molecule has 1 aromatic carbocycles. The summed E-state index contributed by atoms with van der Waals surface area (Å²) in [5, 5.41) is 9.89. The van der Waals surface area contributed by atoms with Crippen molar-refractivity contribution in [3.05, 3.63) is 66.0 Å². The van der Waals surface area contributed by atoms with Gasteiger partial charge in [0.25, 0.3) is 0 Å². The zero-order valence-corrected chi connectivity index (χ0v) is 9.99. The van der Waals surface area contributed by atoms with Gasteiger partial charge in [0.1, 0.15) is 0 Å². The van der Waals surface area contributed by atoms with Crippen LogP contribution in [0, 0.1) is 0 Å². The summed E-state index contributed by atoms with van der Waals surface area (Å²) in [5.74, 6) is -0.0773. The first-order chi connectivity index (χ1) is 8.75. The zero-order chi connectivity index (χ0) is 12.8. The van der Waals surface area contributed by atoms with Crippen molar-refractivity contribution >= 4 is 5.78 Å². The van der Waals surface area contributed by atoms with Crippen LogP contribution in [0.1, 0.15) is 22.3 Å². The van der Waals surface area contributed by atoms with Gasteiger partial charge in [-0.1, -0.05) is 30.3 Å². The molecular weight excluding hydrogens is 226 g/mol. The monoisotopic (exact) mass is 241 g/mol. The number of Topliss-reactive ketones (excluding diaryl/α,β-unsaturated/α-hetero) is 1. The normalized spacial score (nSPS) is 12.1. The van der Waals surface area contributed by atoms with Crippen LogP contribution in [0.15, 0.2) is 54.9 Å². The Balaban J connectivity index is 1.92. The van der Waals surface area contributed by atoms with Crippen molar-refractivity contribution in [2.45, 2.75) is 18.9 Å². The molecule has 3 nitrogen and oxygen atoms in total. The van der Waals surface area contributed by atoms with E-state index in [1.54, 1.807) is 18.3 Å². The molecule has 0 fully saturated rings. The number of nitrogens with zero attached hydrogens (tertiary/aromatic N) is 1. The van der Waals surface area contributed by atoms with Crippen LogP contribution in [0.4, 0.5) is 0 Å². The van der Waals surface area contributed by atoms with E-state index in [9.17, 15) is 9.90 Å². The Kier molecular flexibility index (Phi) is 4.20. The van der Waals surface area contributed by atoms with Gasteiger partial charge in [-0.3, -0.25) is 9.78 Å². The highest BCUT2D eigenvalue weighted by atomic mass is 16.3. The number of benzene rings is 1. The minimum absolute atomic E-state index is 0.0773. The second-order valence-electron chi connectivity index (χ2n) is 4.21. The molecule has 1 heterocycles. The SMILES string of the molecule is O=C(CC(O)Cc1ccccc1)c1cccnc1. The highest BCUT2D eigenvalue weighted by Crippen LogP contribution is 2.09. The van der Waals surface area contributed by atoms with Crippen molar-refractivity contribution in [2.24, 2.45) is 0 Å². The van der Waals surface area contributed by atoms with Gasteiger partial charge in [0.2, 0.25) is 0 Å². The first kappa shape index (κ1) is 12.5. The van der Waals surface area contributed by atoms with Gasteiger partial charge in [-0.05, 0) is 24.1 Å². The molecule has 0 bridgehead atoms. The summed E-state index contributed by atoms with van der Waals surface area (Å²) in [6, 6.07) is 13.1. The Bertz CT molecular complexity index is 496. The molecule has 0 spiro atoms. The van der Waals surface area contributed by atoms with Gasteiger partial charge in [-0.15, -0.1) is 0 Å². The number of pyridine rings is 1. The molecule has 3 heteroatoms. The van der Waals surface area contributed by atoms with E-state index in [0.29, 0.717) is 12.0 Å². The minimum atomic E-state index is -0.653. The van der Waals surface area contributed by atoms with Crippen molar-refractivity contribution in [1.29, 1.82) is 0 Å². The predicted molar refractivity (Wildman–Crippen MR) is 69.3 cm³/mol. The largest absolute Gasteiger partial charge is 0.392 e. The lowest BCUT2D eigenvalue weighted by Gasteiger charge is -2.09. The van der Waals surface area contributed by atoms with Crippen LogP contribution in [-0.2, 0) is 6.42 Å². The van der Waals surface area contributed by atoms with Crippen LogP contribution in [-0.4, -0.2) is 22.0 Å². The standard InChI is InChI=1S/C15H15NO2/c17-14(9-12-5-2-1-3-6-12)10-15(18)13-7-4-8-16-11-13/h1-8,11,14,17H,9-10H2. The van der Waals surface area contributed by atoms with E-state index in [0.717, 1.165) is 5.56 Å². The number of rotatable bonds is 5. The topological polar surface area (TPSA) is 50.2 Å². The fourth-order valence-corrected chi connectivity index (χ4v) is 1.82. The van der Waals surface area contributed by atoms with E-state index in [-0.39, 0.29) is 12.2 Å². The number of ketones is 1. The van der Waals surface area contributed by atoms with E-state index in [4.69, 9.17) is 0 Å². The number of carbonyl (C=O) groups is 1. The van der Waals surface area contributed by atoms with E-state index < -0.39 is 6.10 Å². The maximum Gasteiger partial charge on any atom is 0.167 e. The number of aliphatic hydroxyl groups is 1. The van der Waals surface area contributed by atoms with Crippen molar-refractivity contribution < 1.29 is 9.90 Å². The number of aromatic nitrogens is 1. The molecule has 0 aliphatic heterocycles. The van der Waals surface area contributed by atoms with Gasteiger partial charge in [0.05, 0.1) is 6.10 Å². The second-order valence-corrected chi connectivity index (χ2v) is 4.21. The highest BCUT2D eigenvalue weighted by molar-refractivity contribution is 5.96. The van der Waals surface area contributed by atoms with Gasteiger partial charge in [0.15, 0.2) is 5.78 Å². The van der Waals surface area contributed by atoms with Crippen LogP contribution in [0.3, 0.4) is 0 Å². The first-order valence-corrected chi connectivity index (χ1v) is 5.91. The lowest BCUT2D eigenvalue weighted by atomic mass is 10.0. The van der Waals surface area contributed by atoms with Gasteiger partial charge >= 0.3 is 0 Å². The van der Waals surface area contributed by atoms with E-state index >= 15 is 0 Å². The van der Waals surface area contributed by atoms with E-state index in [1.807, 2.05) is 30.3 Å². The van der Waals surface area contributed by atoms with E-state index in [2.05, 4.69) is 4.98 Å². The average molecular weight is 241 g/mol. The Morgan fingerprint density at radius 2 is 1.94 bits per heavy atom. The molecule has 1 unspecified atom stereocenters. The molecular formula is C15H15NO2. The molecule has 92 valence electrons. The first-order valence-electron chi connectivity index (χ1n) is 5.91. The molecule has 1 aromatic heterocycles. The molecule has 1 N–H and O–H groups in total. The molecule has 0 saturated heterocycles. The van der Waals surface area contributed by atoms with Gasteiger partial charge in [0, 0.05) is 24.4 Å². The summed E-state index contributed by atoms with van der Waals surface area (Å²) in [7, 11) is 0. The molecule has 0 radical (unpaired) electrons. The summed E-state index contributed by atoms with van der Waals surface area (Å²) in [4.78, 5) is 15.7. The van der Waals surface area contributed by atoms with E-state index in [1.165, 1.54) is 6.20 Å². The second kappa shape index (κ2) is 6.07. The lowest BCUT2D eigenvalue weighted by Crippen LogP contribution is -2.16. The van der Waals surface area contributed by atoms with Crippen LogP contribution in [0.5, 0.6) is 0 Å². The van der Waals surface area contributed by atoms with Crippen LogP contribution < -0.4 is 0 Å². The molecule has 18 heavy (non-hydrogen) atoms. The average Bonchev–Trinajstić information content (AvgIpc) is 2.40. The van der Waals surface area contributed by atoms with Gasteiger partial charge < -0.3 is 5.11 Å². The third-order valence-corrected chi connectivity index (χ3v) is 2.72. The summed E-state index contributed by atoms with van der Waals surface area (Å²) in [6.45, 7) is 0. The number of hydrogen-bond donors (Lipinski definition) is 1. The summed E-state index contributed by atoms with van der Waals surface area (Å²) in [5.41, 5.74) is 1.58. The number of hydrogen-bond acceptors (Lipinski definition) is 3. The Labute approximate surface area is 106 Å². The molecule has 2 rings (SSSR count). The third kappa shape index (κ3) is 3.50. The van der Waals surface area contributed by atoms with Gasteiger partial charge in [-0.25, -0.2) is 0 Å². The van der Waals surface area contributed by atoms with Crippen molar-refractivity contribution in [2.75, 3.05) is 0 Å². The Morgan fingerprint density at radius 1 is 1.17 bits per heavy atom. The quantitative estimate of drug-likeness (QED) is 0.817. The predicted octanol–water partition coefficient (Wildman–Crippen LogP) is 2.26. The van der Waals surface area contributed by atoms with Crippen LogP contribution in [0.25, 0.3) is 0 Å². The maximum atomic E-state index is 11.8. The maximum absolute atomic E-state index is 11.8. The molecule has 0 aliphatic carbocycles. The third-order valence-electron chi connectivity index (χ3n) is 2.72. The fourth-order valence-electron chi connectivity index (χ4n) is 1.82. The minimum Gasteiger partial charge on any atom is -0.392 e. The molecule has 0 aliphatic rings. The Morgan fingerprint density at radius 3 is 2.61 bits per heavy atom. The summed E-state index contributed by atoms with van der Waals surface area (Å²) < 4.78 is 0. The number of carbonyl (C=O) groups excluding carboxylic acids is 1. The van der Waals surface area contributed by atoms with Crippen molar-refractivity contribution in [3.63, 3.8) is 0 Å². The van der Waals surface area contributed by atoms with Crippen molar-refractivity contribution in [1.82, 2.24) is 4.98 Å². The lowest BCUT2D eigenvalue weighted by molar-refractivity contribution is 0.0880. The Hall–Kier alpha value is -2.00. The van der Waals surface area contributed by atoms with Crippen molar-refractivity contribution in [3.8, 4) is 0 Å². The summed E-state index contributed by atoms with van der Waals surface area (Å²) in [6.07, 6.45) is 3.11. The molecule has 2 aromatic rings. The van der Waals surface area contributed by atoms with Gasteiger partial charge in [-0.2, -0.15) is 0 Å². The van der Waals surface area contributed by atoms with Crippen LogP contribution >= 0.6 is 0 Å². The summed E-state index contributed by atoms with van der Waals surface area (Å²) >= 11 is 0. The smallest absolute Gasteiger partial charge is 0.167 e. The zero-order valence-electron chi connectivity index (χ0n) is 9.99. The number of aliphatic hydroxyl groups excluding tert-OH is 1. The fraction of sp³-hybridized carbons (Fsp3) is 0.200. The molecule has 0 amide bonds. The van der Waals surface area contributed by atoms with Crippen LogP contribution in [0.2, 0.25) is 0 Å². The highest BCUT2D eigenvalue weighted by Gasteiger charge is 2.13.